The van der Waals surface area contributed by atoms with Crippen LogP contribution in [0.2, 0.25) is 10.0 Å². The van der Waals surface area contributed by atoms with Gasteiger partial charge < -0.3 is 19.3 Å². The van der Waals surface area contributed by atoms with Crippen molar-refractivity contribution < 1.29 is 19.1 Å². The average Bonchev–Trinajstić information content (AvgIpc) is 3.25. The van der Waals surface area contributed by atoms with Gasteiger partial charge in [0.1, 0.15) is 19.3 Å². The first kappa shape index (κ1) is 21.8. The van der Waals surface area contributed by atoms with Crippen molar-refractivity contribution in [2.75, 3.05) is 26.3 Å². The SMILES string of the molecule is CCN(Cc1cccc2c1OCCO2)C(=O)C1CCCN1C(=O)c1cc(Cl)cc(Cl)c1. The Hall–Kier alpha value is -2.44. The number of nitrogens with zero attached hydrogens (tertiary/aromatic N) is 2. The van der Waals surface area contributed by atoms with Crippen molar-refractivity contribution in [1.82, 2.24) is 9.80 Å². The average molecular weight is 463 g/mol. The molecule has 0 spiro atoms. The summed E-state index contributed by atoms with van der Waals surface area (Å²) in [6, 6.07) is 9.94. The van der Waals surface area contributed by atoms with Crippen molar-refractivity contribution in [3.05, 3.63) is 57.6 Å². The van der Waals surface area contributed by atoms with Crippen molar-refractivity contribution in [3.63, 3.8) is 0 Å². The zero-order valence-electron chi connectivity index (χ0n) is 17.3. The molecule has 0 aliphatic carbocycles. The maximum absolute atomic E-state index is 13.4. The van der Waals surface area contributed by atoms with Crippen molar-refractivity contribution >= 4 is 35.0 Å². The molecule has 8 heteroatoms. The molecule has 1 fully saturated rings. The Labute approximate surface area is 191 Å². The zero-order chi connectivity index (χ0) is 22.0. The molecule has 0 N–H and O–H groups in total. The summed E-state index contributed by atoms with van der Waals surface area (Å²) >= 11 is 12.1. The van der Waals surface area contributed by atoms with E-state index in [1.807, 2.05) is 25.1 Å². The Balaban J connectivity index is 1.53. The summed E-state index contributed by atoms with van der Waals surface area (Å²) in [4.78, 5) is 30.0. The van der Waals surface area contributed by atoms with Crippen molar-refractivity contribution in [3.8, 4) is 11.5 Å². The second kappa shape index (κ2) is 9.37. The topological polar surface area (TPSA) is 59.1 Å². The second-order valence-electron chi connectivity index (χ2n) is 7.61. The Morgan fingerprint density at radius 3 is 2.61 bits per heavy atom. The van der Waals surface area contributed by atoms with Crippen LogP contribution in [0.5, 0.6) is 11.5 Å². The summed E-state index contributed by atoms with van der Waals surface area (Å²) in [5.74, 6) is 1.08. The van der Waals surface area contributed by atoms with Crippen molar-refractivity contribution in [2.45, 2.75) is 32.4 Å². The van der Waals surface area contributed by atoms with Gasteiger partial charge in [0.2, 0.25) is 5.91 Å². The lowest BCUT2D eigenvalue weighted by Crippen LogP contribution is -2.47. The molecule has 1 unspecified atom stereocenters. The fourth-order valence-corrected chi connectivity index (χ4v) is 4.66. The highest BCUT2D eigenvalue weighted by Gasteiger charge is 2.37. The quantitative estimate of drug-likeness (QED) is 0.659. The third-order valence-electron chi connectivity index (χ3n) is 5.61. The van der Waals surface area contributed by atoms with Crippen LogP contribution in [0.15, 0.2) is 36.4 Å². The van der Waals surface area contributed by atoms with E-state index in [1.54, 1.807) is 28.0 Å². The predicted octanol–water partition coefficient (Wildman–Crippen LogP) is 4.42. The van der Waals surface area contributed by atoms with E-state index < -0.39 is 6.04 Å². The van der Waals surface area contributed by atoms with Gasteiger partial charge in [-0.05, 0) is 44.0 Å². The molecule has 2 amide bonds. The molecule has 31 heavy (non-hydrogen) atoms. The van der Waals surface area contributed by atoms with E-state index in [1.165, 1.54) is 0 Å². The Morgan fingerprint density at radius 1 is 1.13 bits per heavy atom. The van der Waals surface area contributed by atoms with Crippen LogP contribution in [0.25, 0.3) is 0 Å². The summed E-state index contributed by atoms with van der Waals surface area (Å²) in [7, 11) is 0. The maximum Gasteiger partial charge on any atom is 0.254 e. The minimum Gasteiger partial charge on any atom is -0.486 e. The van der Waals surface area contributed by atoms with Gasteiger partial charge in [0.05, 0.1) is 0 Å². The number of carbonyl (C=O) groups excluding carboxylic acids is 2. The first-order valence-electron chi connectivity index (χ1n) is 10.4. The summed E-state index contributed by atoms with van der Waals surface area (Å²) in [5, 5.41) is 0.786. The number of amides is 2. The molecule has 1 atom stereocenters. The smallest absolute Gasteiger partial charge is 0.254 e. The molecule has 2 heterocycles. The zero-order valence-corrected chi connectivity index (χ0v) is 18.8. The molecule has 2 aliphatic rings. The van der Waals surface area contributed by atoms with Crippen LogP contribution in [-0.4, -0.2) is 54.0 Å². The van der Waals surface area contributed by atoms with Crippen LogP contribution in [0.3, 0.4) is 0 Å². The Kier molecular flexibility index (Phi) is 6.58. The number of hydrogen-bond acceptors (Lipinski definition) is 4. The largest absolute Gasteiger partial charge is 0.486 e. The van der Waals surface area contributed by atoms with Crippen LogP contribution in [0.4, 0.5) is 0 Å². The number of likely N-dealkylation sites (N-methyl/N-ethyl adjacent to an activating group) is 1. The number of carbonyl (C=O) groups is 2. The van der Waals surface area contributed by atoms with Crippen molar-refractivity contribution in [2.24, 2.45) is 0 Å². The minimum atomic E-state index is -0.512. The number of halogens is 2. The van der Waals surface area contributed by atoms with E-state index in [-0.39, 0.29) is 11.8 Å². The number of ether oxygens (including phenoxy) is 2. The highest BCUT2D eigenvalue weighted by atomic mass is 35.5. The predicted molar refractivity (Wildman–Crippen MR) is 119 cm³/mol. The molecule has 2 aromatic rings. The summed E-state index contributed by atoms with van der Waals surface area (Å²) in [6.07, 6.45) is 1.40. The van der Waals surface area contributed by atoms with Gasteiger partial charge in [-0.2, -0.15) is 0 Å². The summed E-state index contributed by atoms with van der Waals surface area (Å²) < 4.78 is 11.4. The van der Waals surface area contributed by atoms with Gasteiger partial charge in [0.25, 0.3) is 5.91 Å². The minimum absolute atomic E-state index is 0.0733. The Morgan fingerprint density at radius 2 is 1.87 bits per heavy atom. The van der Waals surface area contributed by atoms with Crippen LogP contribution in [-0.2, 0) is 11.3 Å². The summed E-state index contributed by atoms with van der Waals surface area (Å²) in [5.41, 5.74) is 1.29. The van der Waals surface area contributed by atoms with Gasteiger partial charge in [0.15, 0.2) is 11.5 Å². The molecule has 0 bridgehead atoms. The number of rotatable bonds is 5. The molecule has 0 saturated carbocycles. The normalized spacial score (nSPS) is 17.5. The monoisotopic (exact) mass is 462 g/mol. The number of hydrogen-bond donors (Lipinski definition) is 0. The number of likely N-dealkylation sites (tertiary alicyclic amines) is 1. The van der Waals surface area contributed by atoms with Gasteiger partial charge in [-0.25, -0.2) is 0 Å². The fraction of sp³-hybridized carbons (Fsp3) is 0.391. The highest BCUT2D eigenvalue weighted by molar-refractivity contribution is 6.35. The second-order valence-corrected chi connectivity index (χ2v) is 8.48. The van der Waals surface area contributed by atoms with E-state index in [9.17, 15) is 9.59 Å². The number of benzene rings is 2. The standard InChI is InChI=1S/C23H24Cl2N2O4/c1-2-26(14-15-5-3-7-20-21(15)31-10-9-30-20)23(29)19-6-4-8-27(19)22(28)16-11-17(24)13-18(25)12-16/h3,5,7,11-13,19H,2,4,6,8-10,14H2,1H3. The molecule has 164 valence electrons. The van der Waals surface area contributed by atoms with E-state index in [0.29, 0.717) is 66.4 Å². The molecule has 2 aliphatic heterocycles. The number of fused-ring (bicyclic) bond motifs is 1. The van der Waals surface area contributed by atoms with Crippen LogP contribution < -0.4 is 9.47 Å². The van der Waals surface area contributed by atoms with E-state index >= 15 is 0 Å². The van der Waals surface area contributed by atoms with Crippen LogP contribution in [0, 0.1) is 0 Å². The van der Waals surface area contributed by atoms with Crippen LogP contribution in [0.1, 0.15) is 35.7 Å². The molecular formula is C23H24Cl2N2O4. The fourth-order valence-electron chi connectivity index (χ4n) is 4.13. The molecule has 0 radical (unpaired) electrons. The van der Waals surface area contributed by atoms with Crippen molar-refractivity contribution in [1.29, 1.82) is 0 Å². The Bertz CT molecular complexity index is 977. The van der Waals surface area contributed by atoms with Gasteiger partial charge in [0, 0.05) is 40.8 Å². The third-order valence-corrected chi connectivity index (χ3v) is 6.05. The lowest BCUT2D eigenvalue weighted by molar-refractivity contribution is -0.135. The molecular weight excluding hydrogens is 439 g/mol. The first-order valence-corrected chi connectivity index (χ1v) is 11.2. The molecule has 2 aromatic carbocycles. The molecule has 6 nitrogen and oxygen atoms in total. The van der Waals surface area contributed by atoms with E-state index in [2.05, 4.69) is 0 Å². The lowest BCUT2D eigenvalue weighted by Gasteiger charge is -2.31. The lowest BCUT2D eigenvalue weighted by atomic mass is 10.1. The summed E-state index contributed by atoms with van der Waals surface area (Å²) in [6.45, 7) is 4.36. The first-order chi connectivity index (χ1) is 15.0. The molecule has 1 saturated heterocycles. The molecule has 4 rings (SSSR count). The maximum atomic E-state index is 13.4. The highest BCUT2D eigenvalue weighted by Crippen LogP contribution is 2.35. The van der Waals surface area contributed by atoms with E-state index in [4.69, 9.17) is 32.7 Å². The van der Waals surface area contributed by atoms with E-state index in [0.717, 1.165) is 12.0 Å². The molecule has 0 aromatic heterocycles. The number of para-hydroxylation sites is 1. The van der Waals surface area contributed by atoms with Gasteiger partial charge in [-0.15, -0.1) is 0 Å². The third kappa shape index (κ3) is 4.60. The van der Waals surface area contributed by atoms with Crippen LogP contribution >= 0.6 is 23.2 Å². The van der Waals surface area contributed by atoms with Gasteiger partial charge in [-0.1, -0.05) is 35.3 Å². The van der Waals surface area contributed by atoms with Gasteiger partial charge in [-0.3, -0.25) is 9.59 Å². The van der Waals surface area contributed by atoms with Gasteiger partial charge >= 0.3 is 0 Å².